The Kier molecular flexibility index (Phi) is 5.55. The SMILES string of the molecule is COc1ccc2nc(N3C(=O)C(=O)C(=C(O)c4ccc(Cl)cc4)[C@@H]3c3ccc(F)cc3)sc2c1. The van der Waals surface area contributed by atoms with E-state index in [9.17, 15) is 19.1 Å². The average Bonchev–Trinajstić information content (AvgIpc) is 3.37. The maximum Gasteiger partial charge on any atom is 0.301 e. The summed E-state index contributed by atoms with van der Waals surface area (Å²) < 4.78 is 19.7. The molecule has 170 valence electrons. The van der Waals surface area contributed by atoms with E-state index in [4.69, 9.17) is 16.3 Å². The molecule has 1 aliphatic rings. The van der Waals surface area contributed by atoms with Crippen LogP contribution < -0.4 is 9.64 Å². The lowest BCUT2D eigenvalue weighted by Crippen LogP contribution is -2.29. The van der Waals surface area contributed by atoms with Crippen LogP contribution in [0.25, 0.3) is 16.0 Å². The molecule has 4 aromatic rings. The maximum atomic E-state index is 13.7. The van der Waals surface area contributed by atoms with Crippen LogP contribution in [0.1, 0.15) is 17.2 Å². The van der Waals surface area contributed by atoms with Crippen LogP contribution in [0.3, 0.4) is 0 Å². The molecular formula is C25H16ClFN2O4S. The Bertz CT molecular complexity index is 1460. The van der Waals surface area contributed by atoms with Gasteiger partial charge in [-0.1, -0.05) is 35.1 Å². The minimum atomic E-state index is -1.00. The lowest BCUT2D eigenvalue weighted by molar-refractivity contribution is -0.132. The highest BCUT2D eigenvalue weighted by Crippen LogP contribution is 2.44. The summed E-state index contributed by atoms with van der Waals surface area (Å²) in [5, 5.41) is 11.8. The molecule has 1 N–H and O–H groups in total. The number of aliphatic hydroxyl groups is 1. The summed E-state index contributed by atoms with van der Waals surface area (Å²) in [6.07, 6.45) is 0. The first-order chi connectivity index (χ1) is 16.4. The van der Waals surface area contributed by atoms with E-state index in [1.165, 1.54) is 40.5 Å². The topological polar surface area (TPSA) is 79.7 Å². The van der Waals surface area contributed by atoms with E-state index < -0.39 is 23.5 Å². The molecule has 1 aromatic heterocycles. The molecule has 1 aliphatic heterocycles. The van der Waals surface area contributed by atoms with Crippen LogP contribution >= 0.6 is 22.9 Å². The lowest BCUT2D eigenvalue weighted by atomic mass is 9.95. The van der Waals surface area contributed by atoms with Crippen LogP contribution in [0.15, 0.2) is 72.3 Å². The van der Waals surface area contributed by atoms with Crippen LogP contribution in [-0.4, -0.2) is 28.9 Å². The molecule has 1 amide bonds. The Morgan fingerprint density at radius 1 is 1.09 bits per heavy atom. The first-order valence-corrected chi connectivity index (χ1v) is 11.3. The molecule has 3 aromatic carbocycles. The van der Waals surface area contributed by atoms with Gasteiger partial charge in [0.2, 0.25) is 0 Å². The number of methoxy groups -OCH3 is 1. The average molecular weight is 495 g/mol. The van der Waals surface area contributed by atoms with Gasteiger partial charge < -0.3 is 9.84 Å². The van der Waals surface area contributed by atoms with Gasteiger partial charge in [-0.2, -0.15) is 0 Å². The summed E-state index contributed by atoms with van der Waals surface area (Å²) in [7, 11) is 1.55. The van der Waals surface area contributed by atoms with Gasteiger partial charge in [-0.3, -0.25) is 14.5 Å². The van der Waals surface area contributed by atoms with Crippen molar-refractivity contribution >= 4 is 55.7 Å². The van der Waals surface area contributed by atoms with E-state index in [1.807, 2.05) is 0 Å². The number of fused-ring (bicyclic) bond motifs is 1. The molecule has 0 spiro atoms. The lowest BCUT2D eigenvalue weighted by Gasteiger charge is -2.23. The summed E-state index contributed by atoms with van der Waals surface area (Å²) >= 11 is 7.16. The molecule has 0 unspecified atom stereocenters. The van der Waals surface area contributed by atoms with Gasteiger partial charge in [-0.05, 0) is 60.2 Å². The molecule has 0 saturated carbocycles. The van der Waals surface area contributed by atoms with E-state index in [2.05, 4.69) is 4.98 Å². The van der Waals surface area contributed by atoms with E-state index >= 15 is 0 Å². The number of hydrogen-bond acceptors (Lipinski definition) is 6. The van der Waals surface area contributed by atoms with Crippen molar-refractivity contribution in [3.05, 3.63) is 94.3 Å². The molecule has 9 heteroatoms. The number of hydrogen-bond donors (Lipinski definition) is 1. The monoisotopic (exact) mass is 494 g/mol. The van der Waals surface area contributed by atoms with Gasteiger partial charge in [-0.15, -0.1) is 0 Å². The van der Waals surface area contributed by atoms with Crippen molar-refractivity contribution in [3.63, 3.8) is 0 Å². The Morgan fingerprint density at radius 2 is 1.79 bits per heavy atom. The number of aliphatic hydroxyl groups excluding tert-OH is 1. The number of ether oxygens (including phenoxy) is 1. The normalized spacial score (nSPS) is 17.5. The molecule has 34 heavy (non-hydrogen) atoms. The number of ketones is 1. The van der Waals surface area contributed by atoms with E-state index in [0.29, 0.717) is 27.4 Å². The second-order valence-corrected chi connectivity index (χ2v) is 9.00. The van der Waals surface area contributed by atoms with Crippen molar-refractivity contribution in [3.8, 4) is 5.75 Å². The van der Waals surface area contributed by atoms with Crippen LogP contribution in [-0.2, 0) is 9.59 Å². The van der Waals surface area contributed by atoms with Crippen LogP contribution in [0, 0.1) is 5.82 Å². The largest absolute Gasteiger partial charge is 0.507 e. The zero-order valence-electron chi connectivity index (χ0n) is 17.7. The van der Waals surface area contributed by atoms with Crippen molar-refractivity contribution in [2.24, 2.45) is 0 Å². The number of carbonyl (C=O) groups is 2. The van der Waals surface area contributed by atoms with E-state index in [1.54, 1.807) is 49.6 Å². The highest BCUT2D eigenvalue weighted by atomic mass is 35.5. The zero-order chi connectivity index (χ0) is 24.0. The Labute approximate surface area is 202 Å². The minimum absolute atomic E-state index is 0.115. The number of aromatic nitrogens is 1. The third-order valence-corrected chi connectivity index (χ3v) is 6.81. The third-order valence-electron chi connectivity index (χ3n) is 5.54. The Morgan fingerprint density at radius 3 is 2.47 bits per heavy atom. The molecule has 0 aliphatic carbocycles. The van der Waals surface area contributed by atoms with E-state index in [-0.39, 0.29) is 16.5 Å². The minimum Gasteiger partial charge on any atom is -0.507 e. The number of amides is 1. The molecule has 6 nitrogen and oxygen atoms in total. The second kappa shape index (κ2) is 8.55. The summed E-state index contributed by atoms with van der Waals surface area (Å²) in [5.74, 6) is -1.89. The summed E-state index contributed by atoms with van der Waals surface area (Å²) in [5.41, 5.74) is 1.28. The smallest absolute Gasteiger partial charge is 0.301 e. The van der Waals surface area contributed by atoms with Crippen molar-refractivity contribution in [2.45, 2.75) is 6.04 Å². The second-order valence-electron chi connectivity index (χ2n) is 7.56. The van der Waals surface area contributed by atoms with Gasteiger partial charge in [0.25, 0.3) is 5.78 Å². The summed E-state index contributed by atoms with van der Waals surface area (Å²) in [6, 6.07) is 16.0. The van der Waals surface area contributed by atoms with Crippen molar-refractivity contribution in [1.29, 1.82) is 0 Å². The number of benzene rings is 3. The first kappa shape index (κ1) is 22.1. The predicted octanol–water partition coefficient (Wildman–Crippen LogP) is 5.72. The zero-order valence-corrected chi connectivity index (χ0v) is 19.2. The Balaban J connectivity index is 1.71. The molecule has 1 saturated heterocycles. The number of thiazole rings is 1. The summed E-state index contributed by atoms with van der Waals surface area (Å²) in [6.45, 7) is 0. The van der Waals surface area contributed by atoms with Crippen molar-refractivity contribution < 1.29 is 23.8 Å². The fourth-order valence-corrected chi connectivity index (χ4v) is 5.02. The first-order valence-electron chi connectivity index (χ1n) is 10.1. The number of rotatable bonds is 4. The maximum absolute atomic E-state index is 13.7. The standard InChI is InChI=1S/C25H16ClFN2O4S/c1-33-17-10-11-18-19(12-17)34-25(28-18)29-21(13-4-8-16(27)9-5-13)20(23(31)24(29)32)22(30)14-2-6-15(26)7-3-14/h2-12,21,30H,1H3/t21-/m0/s1. The molecule has 1 fully saturated rings. The van der Waals surface area contributed by atoms with E-state index in [0.717, 1.165) is 4.70 Å². The molecule has 2 heterocycles. The fraction of sp³-hybridized carbons (Fsp3) is 0.0800. The molecule has 0 radical (unpaired) electrons. The number of Topliss-reactive ketones (excluding diaryl/α,β-unsaturated/α-hetero) is 1. The number of nitrogens with zero attached hydrogens (tertiary/aromatic N) is 2. The van der Waals surface area contributed by atoms with Gasteiger partial charge >= 0.3 is 5.91 Å². The van der Waals surface area contributed by atoms with Crippen molar-refractivity contribution in [2.75, 3.05) is 12.0 Å². The van der Waals surface area contributed by atoms with Crippen LogP contribution in [0.5, 0.6) is 5.75 Å². The molecule has 0 bridgehead atoms. The fourth-order valence-electron chi connectivity index (χ4n) is 3.88. The summed E-state index contributed by atoms with van der Waals surface area (Å²) in [4.78, 5) is 32.2. The Hall–Kier alpha value is -3.75. The number of carbonyl (C=O) groups excluding carboxylic acids is 2. The third kappa shape index (κ3) is 3.70. The van der Waals surface area contributed by atoms with Gasteiger partial charge in [0.15, 0.2) is 5.13 Å². The molecule has 1 atom stereocenters. The van der Waals surface area contributed by atoms with Crippen LogP contribution in [0.4, 0.5) is 9.52 Å². The molecular weight excluding hydrogens is 479 g/mol. The van der Waals surface area contributed by atoms with Crippen molar-refractivity contribution in [1.82, 2.24) is 4.98 Å². The predicted molar refractivity (Wildman–Crippen MR) is 129 cm³/mol. The van der Waals surface area contributed by atoms with Gasteiger partial charge in [0, 0.05) is 10.6 Å². The highest BCUT2D eigenvalue weighted by molar-refractivity contribution is 7.22. The highest BCUT2D eigenvalue weighted by Gasteiger charge is 2.48. The van der Waals surface area contributed by atoms with Gasteiger partial charge in [0.05, 0.1) is 28.9 Å². The van der Waals surface area contributed by atoms with Gasteiger partial charge in [-0.25, -0.2) is 9.37 Å². The van der Waals surface area contributed by atoms with Crippen LogP contribution in [0.2, 0.25) is 5.02 Å². The number of anilines is 1. The quantitative estimate of drug-likeness (QED) is 0.223. The van der Waals surface area contributed by atoms with Gasteiger partial charge in [0.1, 0.15) is 17.3 Å². The number of halogens is 2. The molecule has 5 rings (SSSR count).